The second kappa shape index (κ2) is 7.59. The van der Waals surface area contributed by atoms with Crippen molar-refractivity contribution in [1.82, 2.24) is 4.90 Å². The van der Waals surface area contributed by atoms with Crippen LogP contribution in [0.1, 0.15) is 43.0 Å². The highest BCUT2D eigenvalue weighted by atomic mass is 16.1. The molecule has 1 saturated heterocycles. The number of carbonyl (C=O) groups excluding carboxylic acids is 1. The van der Waals surface area contributed by atoms with E-state index in [1.165, 1.54) is 11.1 Å². The summed E-state index contributed by atoms with van der Waals surface area (Å²) in [4.78, 5) is 15.3. The molecule has 1 aliphatic heterocycles. The number of carbonyl (C=O) groups is 1. The molecule has 2 aromatic rings. The minimum atomic E-state index is 0.0484. The van der Waals surface area contributed by atoms with Gasteiger partial charge in [-0.25, -0.2) is 0 Å². The lowest BCUT2D eigenvalue weighted by atomic mass is 9.77. The van der Waals surface area contributed by atoms with Gasteiger partial charge in [0.15, 0.2) is 0 Å². The van der Waals surface area contributed by atoms with Crippen molar-refractivity contribution in [3.8, 4) is 0 Å². The van der Waals surface area contributed by atoms with Crippen molar-refractivity contribution in [2.45, 2.75) is 31.8 Å². The summed E-state index contributed by atoms with van der Waals surface area (Å²) in [5, 5.41) is 0. The number of benzene rings is 2. The number of ketones is 1. The Morgan fingerprint density at radius 2 is 1.62 bits per heavy atom. The highest BCUT2D eigenvalue weighted by Crippen LogP contribution is 2.44. The van der Waals surface area contributed by atoms with E-state index in [0.717, 1.165) is 13.0 Å². The molecule has 24 heavy (non-hydrogen) atoms. The topological polar surface area (TPSA) is 20.3 Å². The third-order valence-corrected chi connectivity index (χ3v) is 5.05. The van der Waals surface area contributed by atoms with Gasteiger partial charge in [-0.15, -0.1) is 6.58 Å². The van der Waals surface area contributed by atoms with Crippen LogP contribution in [-0.4, -0.2) is 17.2 Å². The molecule has 124 valence electrons. The molecule has 0 N–H and O–H groups in total. The molecule has 0 radical (unpaired) electrons. The largest absolute Gasteiger partial charge is 0.299 e. The van der Waals surface area contributed by atoms with E-state index < -0.39 is 0 Å². The lowest BCUT2D eigenvalue weighted by Crippen LogP contribution is -2.45. The summed E-state index contributed by atoms with van der Waals surface area (Å²) in [7, 11) is 0. The van der Waals surface area contributed by atoms with Gasteiger partial charge in [-0.2, -0.15) is 0 Å². The monoisotopic (exact) mass is 319 g/mol. The molecule has 1 heterocycles. The number of likely N-dealkylation sites (tertiary alicyclic amines) is 1. The molecule has 2 aromatic carbocycles. The Balaban J connectivity index is 2.06. The van der Waals surface area contributed by atoms with Crippen molar-refractivity contribution in [3.63, 3.8) is 0 Å². The maximum Gasteiger partial charge on any atom is 0.139 e. The Hall–Kier alpha value is -2.19. The van der Waals surface area contributed by atoms with Crippen molar-refractivity contribution in [2.24, 2.45) is 5.92 Å². The van der Waals surface area contributed by atoms with Gasteiger partial charge in [0.05, 0.1) is 0 Å². The van der Waals surface area contributed by atoms with Crippen LogP contribution in [0.2, 0.25) is 0 Å². The summed E-state index contributed by atoms with van der Waals surface area (Å²) >= 11 is 0. The Bertz CT molecular complexity index is 680. The highest BCUT2D eigenvalue weighted by Gasteiger charge is 2.42. The third kappa shape index (κ3) is 3.20. The van der Waals surface area contributed by atoms with Crippen LogP contribution in [0.15, 0.2) is 73.3 Å². The van der Waals surface area contributed by atoms with Crippen LogP contribution >= 0.6 is 0 Å². The van der Waals surface area contributed by atoms with Gasteiger partial charge in [0.2, 0.25) is 0 Å². The molecule has 1 fully saturated rings. The van der Waals surface area contributed by atoms with Crippen LogP contribution in [0.3, 0.4) is 0 Å². The van der Waals surface area contributed by atoms with Crippen LogP contribution in [0.4, 0.5) is 0 Å². The second-order valence-corrected chi connectivity index (χ2v) is 6.45. The molecule has 0 unspecified atom stereocenters. The normalized spacial score (nSPS) is 24.7. The lowest BCUT2D eigenvalue weighted by Gasteiger charge is -2.45. The number of Topliss-reactive ketones (excluding diaryl/α,β-unsaturated/α-hetero) is 1. The molecule has 2 nitrogen and oxygen atoms in total. The Kier molecular flexibility index (Phi) is 5.27. The van der Waals surface area contributed by atoms with Gasteiger partial charge >= 0.3 is 0 Å². The van der Waals surface area contributed by atoms with E-state index in [0.29, 0.717) is 12.2 Å². The van der Waals surface area contributed by atoms with E-state index in [1.54, 1.807) is 0 Å². The van der Waals surface area contributed by atoms with Crippen molar-refractivity contribution in [3.05, 3.63) is 84.4 Å². The molecule has 0 aliphatic carbocycles. The first-order chi connectivity index (χ1) is 11.8. The summed E-state index contributed by atoms with van der Waals surface area (Å²) in [5.74, 6) is 0.424. The van der Waals surface area contributed by atoms with E-state index in [9.17, 15) is 4.79 Å². The fourth-order valence-electron chi connectivity index (χ4n) is 3.96. The van der Waals surface area contributed by atoms with Gasteiger partial charge in [-0.1, -0.05) is 73.7 Å². The van der Waals surface area contributed by atoms with E-state index in [4.69, 9.17) is 0 Å². The first-order valence-corrected chi connectivity index (χ1v) is 8.75. The van der Waals surface area contributed by atoms with Gasteiger partial charge in [0.1, 0.15) is 5.78 Å². The van der Waals surface area contributed by atoms with Crippen LogP contribution < -0.4 is 0 Å². The quantitative estimate of drug-likeness (QED) is 0.726. The summed E-state index contributed by atoms with van der Waals surface area (Å²) in [6, 6.07) is 21.0. The Labute approximate surface area is 144 Å². The minimum absolute atomic E-state index is 0.0484. The Morgan fingerprint density at radius 1 is 1.04 bits per heavy atom. The molecule has 0 saturated carbocycles. The molecule has 0 bridgehead atoms. The maximum atomic E-state index is 12.9. The molecular weight excluding hydrogens is 294 g/mol. The zero-order chi connectivity index (χ0) is 16.9. The zero-order valence-corrected chi connectivity index (χ0v) is 14.3. The molecule has 0 spiro atoms. The molecule has 1 aliphatic rings. The fraction of sp³-hybridized carbons (Fsp3) is 0.318. The lowest BCUT2D eigenvalue weighted by molar-refractivity contribution is -0.132. The molecule has 3 rings (SSSR count). The molecule has 2 heteroatoms. The number of hydrogen-bond acceptors (Lipinski definition) is 2. The minimum Gasteiger partial charge on any atom is -0.299 e. The third-order valence-electron chi connectivity index (χ3n) is 5.05. The van der Waals surface area contributed by atoms with Crippen molar-refractivity contribution >= 4 is 5.78 Å². The first-order valence-electron chi connectivity index (χ1n) is 8.75. The summed E-state index contributed by atoms with van der Waals surface area (Å²) < 4.78 is 0. The smallest absolute Gasteiger partial charge is 0.139 e. The predicted molar refractivity (Wildman–Crippen MR) is 98.7 cm³/mol. The average molecular weight is 319 g/mol. The van der Waals surface area contributed by atoms with Gasteiger partial charge in [0, 0.05) is 31.0 Å². The van der Waals surface area contributed by atoms with Gasteiger partial charge in [0.25, 0.3) is 0 Å². The van der Waals surface area contributed by atoms with Gasteiger partial charge in [-0.05, 0) is 17.5 Å². The highest BCUT2D eigenvalue weighted by molar-refractivity contribution is 5.83. The van der Waals surface area contributed by atoms with Crippen LogP contribution in [0.25, 0.3) is 0 Å². The maximum absolute atomic E-state index is 12.9. The molecular formula is C22H25NO. The predicted octanol–water partition coefficient (Wildman–Crippen LogP) is 4.96. The molecule has 0 aromatic heterocycles. The van der Waals surface area contributed by atoms with Crippen molar-refractivity contribution < 1.29 is 4.79 Å². The standard InChI is InChI=1S/C22H25NO/c1-3-15-23-20(17-11-7-5-8-12-17)16-21(24)19(4-2)22(23)18-13-9-6-10-14-18/h3,5-14,19-20,22H,1,4,15-16H2,2H3/t19-,20+,22+/m1/s1. The van der Waals surface area contributed by atoms with E-state index in [-0.39, 0.29) is 18.0 Å². The average Bonchev–Trinajstić information content (AvgIpc) is 2.64. The van der Waals surface area contributed by atoms with Gasteiger partial charge in [-0.3, -0.25) is 9.69 Å². The van der Waals surface area contributed by atoms with E-state index in [2.05, 4.69) is 66.9 Å². The summed E-state index contributed by atoms with van der Waals surface area (Å²) in [6.45, 7) is 6.85. The molecule has 3 atom stereocenters. The van der Waals surface area contributed by atoms with Gasteiger partial charge < -0.3 is 0 Å². The summed E-state index contributed by atoms with van der Waals surface area (Å²) in [5.41, 5.74) is 2.43. The number of piperidine rings is 1. The second-order valence-electron chi connectivity index (χ2n) is 6.45. The van der Waals surface area contributed by atoms with Crippen LogP contribution in [0, 0.1) is 5.92 Å². The van der Waals surface area contributed by atoms with Crippen LogP contribution in [0.5, 0.6) is 0 Å². The SMILES string of the molecule is C=CCN1[C@H](c2ccccc2)CC(=O)[C@@H](CC)[C@@H]1c1ccccc1. The molecule has 0 amide bonds. The van der Waals surface area contributed by atoms with Crippen molar-refractivity contribution in [1.29, 1.82) is 0 Å². The fourth-order valence-corrected chi connectivity index (χ4v) is 3.96. The number of rotatable bonds is 5. The van der Waals surface area contributed by atoms with Crippen molar-refractivity contribution in [2.75, 3.05) is 6.54 Å². The first kappa shape index (κ1) is 16.7. The van der Waals surface area contributed by atoms with E-state index in [1.807, 2.05) is 18.2 Å². The zero-order valence-electron chi connectivity index (χ0n) is 14.3. The number of hydrogen-bond donors (Lipinski definition) is 0. The number of nitrogens with zero attached hydrogens (tertiary/aromatic N) is 1. The van der Waals surface area contributed by atoms with Crippen LogP contribution in [-0.2, 0) is 4.79 Å². The van der Waals surface area contributed by atoms with E-state index >= 15 is 0 Å². The Morgan fingerprint density at radius 3 is 2.17 bits per heavy atom. The summed E-state index contributed by atoms with van der Waals surface area (Å²) in [6.07, 6.45) is 3.40.